The second-order valence-electron chi connectivity index (χ2n) is 3.97. The highest BCUT2D eigenvalue weighted by atomic mass is 16.5. The number of amides is 1. The van der Waals surface area contributed by atoms with Crippen molar-refractivity contribution in [3.8, 4) is 5.75 Å². The summed E-state index contributed by atoms with van der Waals surface area (Å²) >= 11 is 0. The SMILES string of the molecule is Nc1ccc2c(c1)C(=O)N1CCCC1O2. The number of fused-ring (bicyclic) bond motifs is 2. The van der Waals surface area contributed by atoms with E-state index >= 15 is 0 Å². The number of hydrogen-bond acceptors (Lipinski definition) is 3. The molecule has 1 atom stereocenters. The van der Waals surface area contributed by atoms with Gasteiger partial charge in [-0.1, -0.05) is 0 Å². The highest BCUT2D eigenvalue weighted by molar-refractivity contribution is 5.99. The summed E-state index contributed by atoms with van der Waals surface area (Å²) in [6.45, 7) is 0.789. The van der Waals surface area contributed by atoms with Crippen molar-refractivity contribution < 1.29 is 9.53 Å². The average molecular weight is 204 g/mol. The van der Waals surface area contributed by atoms with E-state index < -0.39 is 0 Å². The first-order chi connectivity index (χ1) is 7.25. The van der Waals surface area contributed by atoms with Crippen molar-refractivity contribution in [1.29, 1.82) is 0 Å². The minimum atomic E-state index is -0.0615. The van der Waals surface area contributed by atoms with Gasteiger partial charge in [-0.2, -0.15) is 0 Å². The largest absolute Gasteiger partial charge is 0.470 e. The van der Waals surface area contributed by atoms with Crippen LogP contribution in [0.3, 0.4) is 0 Å². The highest BCUT2D eigenvalue weighted by Crippen LogP contribution is 2.33. The number of rotatable bonds is 0. The Hall–Kier alpha value is -1.71. The quantitative estimate of drug-likeness (QED) is 0.646. The van der Waals surface area contributed by atoms with E-state index in [9.17, 15) is 4.79 Å². The van der Waals surface area contributed by atoms with Crippen LogP contribution in [0, 0.1) is 0 Å². The number of nitrogens with zero attached hydrogens (tertiary/aromatic N) is 1. The molecule has 3 rings (SSSR count). The van der Waals surface area contributed by atoms with Crippen molar-refractivity contribution in [2.75, 3.05) is 12.3 Å². The first-order valence-corrected chi connectivity index (χ1v) is 5.13. The summed E-state index contributed by atoms with van der Waals surface area (Å²) in [5, 5.41) is 0. The van der Waals surface area contributed by atoms with E-state index in [1.165, 1.54) is 0 Å². The fourth-order valence-corrected chi connectivity index (χ4v) is 2.21. The summed E-state index contributed by atoms with van der Waals surface area (Å²) in [5.74, 6) is 0.711. The van der Waals surface area contributed by atoms with Gasteiger partial charge in [0.1, 0.15) is 5.75 Å². The van der Waals surface area contributed by atoms with Gasteiger partial charge in [-0.3, -0.25) is 4.79 Å². The first-order valence-electron chi connectivity index (χ1n) is 5.13. The van der Waals surface area contributed by atoms with Gasteiger partial charge >= 0.3 is 0 Å². The topological polar surface area (TPSA) is 55.6 Å². The lowest BCUT2D eigenvalue weighted by Crippen LogP contribution is -2.42. The van der Waals surface area contributed by atoms with Crippen molar-refractivity contribution in [2.45, 2.75) is 19.1 Å². The maximum absolute atomic E-state index is 12.0. The highest BCUT2D eigenvalue weighted by Gasteiger charge is 2.36. The first kappa shape index (κ1) is 8.59. The van der Waals surface area contributed by atoms with E-state index in [2.05, 4.69) is 0 Å². The summed E-state index contributed by atoms with van der Waals surface area (Å²) < 4.78 is 5.73. The standard InChI is InChI=1S/C11H12N2O2/c12-7-3-4-9-8(6-7)11(14)13-5-1-2-10(13)15-9/h3-4,6,10H,1-2,5,12H2. The Morgan fingerprint density at radius 3 is 3.20 bits per heavy atom. The normalized spacial score (nSPS) is 23.3. The fourth-order valence-electron chi connectivity index (χ4n) is 2.21. The second kappa shape index (κ2) is 2.89. The van der Waals surface area contributed by atoms with Crippen LogP contribution in [-0.2, 0) is 0 Å². The third kappa shape index (κ3) is 1.17. The lowest BCUT2D eigenvalue weighted by atomic mass is 10.1. The predicted octanol–water partition coefficient (Wildman–Crippen LogP) is 1.22. The van der Waals surface area contributed by atoms with E-state index in [1.807, 2.05) is 0 Å². The van der Waals surface area contributed by atoms with E-state index in [0.29, 0.717) is 17.0 Å². The van der Waals surface area contributed by atoms with Crippen molar-refractivity contribution in [2.24, 2.45) is 0 Å². The van der Waals surface area contributed by atoms with Gasteiger partial charge in [0.25, 0.3) is 5.91 Å². The maximum atomic E-state index is 12.0. The Labute approximate surface area is 87.6 Å². The lowest BCUT2D eigenvalue weighted by Gasteiger charge is -2.31. The Balaban J connectivity index is 2.09. The number of ether oxygens (including phenoxy) is 1. The van der Waals surface area contributed by atoms with Gasteiger partial charge in [-0.05, 0) is 24.6 Å². The van der Waals surface area contributed by atoms with Crippen LogP contribution in [0.2, 0.25) is 0 Å². The molecule has 1 amide bonds. The fraction of sp³-hybridized carbons (Fsp3) is 0.364. The van der Waals surface area contributed by atoms with Crippen molar-refractivity contribution in [3.63, 3.8) is 0 Å². The van der Waals surface area contributed by atoms with Crippen LogP contribution >= 0.6 is 0 Å². The number of benzene rings is 1. The zero-order chi connectivity index (χ0) is 10.4. The molecule has 0 radical (unpaired) electrons. The molecule has 1 saturated heterocycles. The lowest BCUT2D eigenvalue weighted by molar-refractivity contribution is 0.0294. The van der Waals surface area contributed by atoms with Crippen LogP contribution in [0.1, 0.15) is 23.2 Å². The van der Waals surface area contributed by atoms with Crippen LogP contribution in [0.15, 0.2) is 18.2 Å². The number of anilines is 1. The Bertz CT molecular complexity index is 431. The molecule has 2 N–H and O–H groups in total. The smallest absolute Gasteiger partial charge is 0.260 e. The second-order valence-corrected chi connectivity index (χ2v) is 3.97. The monoisotopic (exact) mass is 204 g/mol. The van der Waals surface area contributed by atoms with Crippen LogP contribution in [0.25, 0.3) is 0 Å². The molecule has 0 saturated carbocycles. The molecule has 1 aromatic rings. The van der Waals surface area contributed by atoms with Gasteiger partial charge in [-0.15, -0.1) is 0 Å². The summed E-state index contributed by atoms with van der Waals surface area (Å²) in [4.78, 5) is 13.8. The van der Waals surface area contributed by atoms with Gasteiger partial charge < -0.3 is 15.4 Å². The number of carbonyl (C=O) groups excluding carboxylic acids is 1. The molecule has 78 valence electrons. The van der Waals surface area contributed by atoms with Gasteiger partial charge in [0.15, 0.2) is 6.23 Å². The van der Waals surface area contributed by atoms with Crippen LogP contribution in [-0.4, -0.2) is 23.6 Å². The van der Waals surface area contributed by atoms with Crippen LogP contribution in [0.4, 0.5) is 5.69 Å². The average Bonchev–Trinajstić information content (AvgIpc) is 2.68. The third-order valence-corrected chi connectivity index (χ3v) is 2.96. The van der Waals surface area contributed by atoms with Gasteiger partial charge in [0.05, 0.1) is 5.56 Å². The Morgan fingerprint density at radius 1 is 1.47 bits per heavy atom. The molecule has 0 aliphatic carbocycles. The molecular weight excluding hydrogens is 192 g/mol. The molecular formula is C11H12N2O2. The van der Waals surface area contributed by atoms with Gasteiger partial charge in [0.2, 0.25) is 0 Å². The minimum absolute atomic E-state index is 0.0473. The number of carbonyl (C=O) groups is 1. The minimum Gasteiger partial charge on any atom is -0.470 e. The summed E-state index contributed by atoms with van der Waals surface area (Å²) in [6, 6.07) is 5.22. The molecule has 4 heteroatoms. The molecule has 1 fully saturated rings. The molecule has 2 aliphatic rings. The molecule has 15 heavy (non-hydrogen) atoms. The van der Waals surface area contributed by atoms with Crippen molar-refractivity contribution in [1.82, 2.24) is 4.90 Å². The van der Waals surface area contributed by atoms with Crippen molar-refractivity contribution >= 4 is 11.6 Å². The molecule has 2 heterocycles. The summed E-state index contributed by atoms with van der Waals surface area (Å²) in [6.07, 6.45) is 1.88. The molecule has 0 spiro atoms. The van der Waals surface area contributed by atoms with Crippen LogP contribution in [0.5, 0.6) is 5.75 Å². The van der Waals surface area contributed by atoms with Crippen LogP contribution < -0.4 is 10.5 Å². The molecule has 1 aromatic carbocycles. The van der Waals surface area contributed by atoms with E-state index in [0.717, 1.165) is 19.4 Å². The number of nitrogens with two attached hydrogens (primary N) is 1. The van der Waals surface area contributed by atoms with E-state index in [4.69, 9.17) is 10.5 Å². The number of nitrogen functional groups attached to an aromatic ring is 1. The zero-order valence-electron chi connectivity index (χ0n) is 8.27. The predicted molar refractivity (Wildman–Crippen MR) is 55.5 cm³/mol. The third-order valence-electron chi connectivity index (χ3n) is 2.96. The summed E-state index contributed by atoms with van der Waals surface area (Å²) in [7, 11) is 0. The van der Waals surface area contributed by atoms with Crippen molar-refractivity contribution in [3.05, 3.63) is 23.8 Å². The molecule has 0 aromatic heterocycles. The van der Waals surface area contributed by atoms with Gasteiger partial charge in [0, 0.05) is 18.7 Å². The molecule has 4 nitrogen and oxygen atoms in total. The molecule has 0 bridgehead atoms. The molecule has 1 unspecified atom stereocenters. The zero-order valence-corrected chi connectivity index (χ0v) is 8.27. The van der Waals surface area contributed by atoms with Gasteiger partial charge in [-0.25, -0.2) is 0 Å². The molecule has 2 aliphatic heterocycles. The van der Waals surface area contributed by atoms with E-state index in [1.54, 1.807) is 23.1 Å². The number of hydrogen-bond donors (Lipinski definition) is 1. The summed E-state index contributed by atoms with van der Waals surface area (Å²) in [5.41, 5.74) is 6.85. The Kier molecular flexibility index (Phi) is 1.65. The van der Waals surface area contributed by atoms with E-state index in [-0.39, 0.29) is 12.1 Å². The maximum Gasteiger partial charge on any atom is 0.260 e. The Morgan fingerprint density at radius 2 is 2.33 bits per heavy atom.